The quantitative estimate of drug-likeness (QED) is 0.656. The normalized spacial score (nSPS) is 20.0. The van der Waals surface area contributed by atoms with Gasteiger partial charge in [-0.25, -0.2) is 0 Å². The molecule has 4 rings (SSSR count). The van der Waals surface area contributed by atoms with Crippen LogP contribution in [0.3, 0.4) is 0 Å². The van der Waals surface area contributed by atoms with Crippen molar-refractivity contribution in [2.45, 2.75) is 76.3 Å². The molecule has 1 unspecified atom stereocenters. The first-order valence-corrected chi connectivity index (χ1v) is 11.3. The van der Waals surface area contributed by atoms with E-state index in [9.17, 15) is 9.90 Å². The van der Waals surface area contributed by atoms with Crippen molar-refractivity contribution >= 4 is 5.97 Å². The molecule has 0 heterocycles. The van der Waals surface area contributed by atoms with Gasteiger partial charge in [0.2, 0.25) is 0 Å². The Kier molecular flexibility index (Phi) is 5.48. The third-order valence-corrected chi connectivity index (χ3v) is 7.29. The van der Waals surface area contributed by atoms with Gasteiger partial charge in [-0.15, -0.1) is 0 Å². The predicted octanol–water partition coefficient (Wildman–Crippen LogP) is 5.66. The SMILES string of the molecule is CN(C1CC1)C1CCC(C)(C)c2cc(C#Cc3ccc(C(C)(C)C(=O)O)cc3)ccc21. The van der Waals surface area contributed by atoms with E-state index in [0.717, 1.165) is 22.7 Å². The molecule has 1 saturated carbocycles. The van der Waals surface area contributed by atoms with Crippen molar-refractivity contribution in [3.63, 3.8) is 0 Å². The summed E-state index contributed by atoms with van der Waals surface area (Å²) < 4.78 is 0. The topological polar surface area (TPSA) is 40.5 Å². The maximum Gasteiger partial charge on any atom is 0.313 e. The van der Waals surface area contributed by atoms with Gasteiger partial charge in [0.1, 0.15) is 0 Å². The zero-order valence-corrected chi connectivity index (χ0v) is 19.3. The van der Waals surface area contributed by atoms with Crippen molar-refractivity contribution in [3.05, 3.63) is 70.3 Å². The molecule has 2 aliphatic rings. The summed E-state index contributed by atoms with van der Waals surface area (Å²) in [6.45, 7) is 8.14. The first-order valence-electron chi connectivity index (χ1n) is 11.3. The van der Waals surface area contributed by atoms with E-state index in [1.54, 1.807) is 13.8 Å². The van der Waals surface area contributed by atoms with Gasteiger partial charge in [-0.05, 0) is 92.9 Å². The largest absolute Gasteiger partial charge is 0.481 e. The van der Waals surface area contributed by atoms with Gasteiger partial charge in [0, 0.05) is 23.2 Å². The summed E-state index contributed by atoms with van der Waals surface area (Å²) >= 11 is 0. The zero-order chi connectivity index (χ0) is 22.4. The van der Waals surface area contributed by atoms with Crippen LogP contribution in [0.1, 0.15) is 87.2 Å². The van der Waals surface area contributed by atoms with Crippen molar-refractivity contribution in [3.8, 4) is 11.8 Å². The maximum absolute atomic E-state index is 11.5. The summed E-state index contributed by atoms with van der Waals surface area (Å²) in [6, 6.07) is 15.6. The molecule has 0 bridgehead atoms. The minimum absolute atomic E-state index is 0.165. The standard InChI is InChI=1S/C28H33NO2/c1-27(2)17-16-25(29(5)22-13-14-22)23-15-10-20(18-24(23)27)7-6-19-8-11-21(12-9-19)28(3,4)26(30)31/h8-12,15,18,22,25H,13-14,16-17H2,1-5H3,(H,30,31). The van der Waals surface area contributed by atoms with Crippen molar-refractivity contribution in [1.82, 2.24) is 4.90 Å². The van der Waals surface area contributed by atoms with Crippen LogP contribution in [0.2, 0.25) is 0 Å². The van der Waals surface area contributed by atoms with E-state index in [4.69, 9.17) is 0 Å². The van der Waals surface area contributed by atoms with Gasteiger partial charge >= 0.3 is 5.97 Å². The molecule has 162 valence electrons. The van der Waals surface area contributed by atoms with E-state index in [0.29, 0.717) is 6.04 Å². The van der Waals surface area contributed by atoms with E-state index in [-0.39, 0.29) is 5.41 Å². The molecule has 0 spiro atoms. The van der Waals surface area contributed by atoms with Crippen molar-refractivity contribution in [2.24, 2.45) is 0 Å². The third kappa shape index (κ3) is 4.27. The van der Waals surface area contributed by atoms with Crippen molar-refractivity contribution in [2.75, 3.05) is 7.05 Å². The van der Waals surface area contributed by atoms with Gasteiger partial charge in [0.05, 0.1) is 5.41 Å². The highest BCUT2D eigenvalue weighted by Gasteiger charge is 2.38. The molecule has 3 heteroatoms. The molecule has 0 aliphatic heterocycles. The summed E-state index contributed by atoms with van der Waals surface area (Å²) in [7, 11) is 2.29. The van der Waals surface area contributed by atoms with Crippen LogP contribution in [0.5, 0.6) is 0 Å². The highest BCUT2D eigenvalue weighted by atomic mass is 16.4. The molecule has 0 amide bonds. The lowest BCUT2D eigenvalue weighted by Crippen LogP contribution is -2.35. The molecule has 2 aromatic rings. The van der Waals surface area contributed by atoms with Crippen molar-refractivity contribution in [1.29, 1.82) is 0 Å². The highest BCUT2D eigenvalue weighted by molar-refractivity contribution is 5.80. The second kappa shape index (κ2) is 7.84. The van der Waals surface area contributed by atoms with Gasteiger partial charge in [-0.3, -0.25) is 9.69 Å². The summed E-state index contributed by atoms with van der Waals surface area (Å²) in [4.78, 5) is 14.0. The predicted molar refractivity (Wildman–Crippen MR) is 125 cm³/mol. The number of nitrogens with zero attached hydrogens (tertiary/aromatic N) is 1. The number of hydrogen-bond acceptors (Lipinski definition) is 2. The van der Waals surface area contributed by atoms with Crippen LogP contribution in [-0.4, -0.2) is 29.1 Å². The smallest absolute Gasteiger partial charge is 0.313 e. The fourth-order valence-corrected chi connectivity index (χ4v) is 4.70. The van der Waals surface area contributed by atoms with Crippen LogP contribution in [0.15, 0.2) is 42.5 Å². The van der Waals surface area contributed by atoms with Gasteiger partial charge in [0.25, 0.3) is 0 Å². The average Bonchev–Trinajstić information content (AvgIpc) is 3.58. The molecule has 1 N–H and O–H groups in total. The van der Waals surface area contributed by atoms with Crippen LogP contribution >= 0.6 is 0 Å². The number of fused-ring (bicyclic) bond motifs is 1. The number of carbonyl (C=O) groups is 1. The Morgan fingerprint density at radius 1 is 1.03 bits per heavy atom. The Balaban J connectivity index is 1.60. The maximum atomic E-state index is 11.5. The number of carboxylic acids is 1. The number of carboxylic acid groups (broad SMARTS) is 1. The molecule has 0 saturated heterocycles. The molecule has 2 aromatic carbocycles. The van der Waals surface area contributed by atoms with E-state index in [2.05, 4.69) is 55.8 Å². The van der Waals surface area contributed by atoms with Crippen LogP contribution in [0, 0.1) is 11.8 Å². The molecule has 1 fully saturated rings. The van der Waals surface area contributed by atoms with Crippen molar-refractivity contribution < 1.29 is 9.90 Å². The Morgan fingerprint density at radius 3 is 2.26 bits per heavy atom. The Morgan fingerprint density at radius 2 is 1.65 bits per heavy atom. The molecule has 0 aromatic heterocycles. The lowest BCUT2D eigenvalue weighted by atomic mass is 9.70. The van der Waals surface area contributed by atoms with Crippen LogP contribution in [0.4, 0.5) is 0 Å². The minimum Gasteiger partial charge on any atom is -0.481 e. The van der Waals surface area contributed by atoms with Crippen LogP contribution in [0.25, 0.3) is 0 Å². The zero-order valence-electron chi connectivity index (χ0n) is 19.3. The molecule has 1 atom stereocenters. The van der Waals surface area contributed by atoms with Gasteiger partial charge in [-0.2, -0.15) is 0 Å². The van der Waals surface area contributed by atoms with Gasteiger partial charge in [-0.1, -0.05) is 43.9 Å². The van der Waals surface area contributed by atoms with Crippen LogP contribution < -0.4 is 0 Å². The molecular formula is C28H33NO2. The first kappa shape index (κ1) is 21.7. The molecule has 2 aliphatic carbocycles. The fourth-order valence-electron chi connectivity index (χ4n) is 4.70. The molecule has 3 nitrogen and oxygen atoms in total. The average molecular weight is 416 g/mol. The van der Waals surface area contributed by atoms with Gasteiger partial charge < -0.3 is 5.11 Å². The van der Waals surface area contributed by atoms with Crippen LogP contribution in [-0.2, 0) is 15.6 Å². The Hall–Kier alpha value is -2.57. The summed E-state index contributed by atoms with van der Waals surface area (Å²) in [5.74, 6) is 5.76. The summed E-state index contributed by atoms with van der Waals surface area (Å²) in [5.41, 5.74) is 4.88. The van der Waals surface area contributed by atoms with E-state index in [1.165, 1.54) is 36.8 Å². The third-order valence-electron chi connectivity index (χ3n) is 7.29. The molecule has 31 heavy (non-hydrogen) atoms. The van der Waals surface area contributed by atoms with E-state index in [1.807, 2.05) is 24.3 Å². The Bertz CT molecular complexity index is 1050. The summed E-state index contributed by atoms with van der Waals surface area (Å²) in [6.07, 6.45) is 5.08. The molecular weight excluding hydrogens is 382 g/mol. The number of hydrogen-bond donors (Lipinski definition) is 1. The lowest BCUT2D eigenvalue weighted by molar-refractivity contribution is -0.142. The fraction of sp³-hybridized carbons (Fsp3) is 0.464. The second-order valence-electron chi connectivity index (χ2n) is 10.4. The monoisotopic (exact) mass is 415 g/mol. The highest BCUT2D eigenvalue weighted by Crippen LogP contribution is 2.46. The lowest BCUT2D eigenvalue weighted by Gasteiger charge is -2.41. The van der Waals surface area contributed by atoms with E-state index < -0.39 is 11.4 Å². The number of rotatable bonds is 4. The van der Waals surface area contributed by atoms with E-state index >= 15 is 0 Å². The van der Waals surface area contributed by atoms with Gasteiger partial charge in [0.15, 0.2) is 0 Å². The number of benzene rings is 2. The summed E-state index contributed by atoms with van der Waals surface area (Å²) in [5, 5.41) is 9.41. The second-order valence-corrected chi connectivity index (χ2v) is 10.4. The minimum atomic E-state index is -0.903. The first-order chi connectivity index (χ1) is 14.6. The number of aliphatic carboxylic acids is 1. The molecule has 0 radical (unpaired) electrons. The Labute approximate surface area is 186 Å².